The number of aryl methyl sites for hydroxylation is 2. The summed E-state index contributed by atoms with van der Waals surface area (Å²) in [6.07, 6.45) is 0. The Bertz CT molecular complexity index is 807. The van der Waals surface area contributed by atoms with Gasteiger partial charge in [0.2, 0.25) is 10.0 Å². The molecule has 0 aromatic heterocycles. The number of rotatable bonds is 7. The van der Waals surface area contributed by atoms with Gasteiger partial charge in [-0.25, -0.2) is 13.1 Å². The van der Waals surface area contributed by atoms with Crippen LogP contribution in [0.1, 0.15) is 30.5 Å². The van der Waals surface area contributed by atoms with Crippen LogP contribution in [0.15, 0.2) is 47.4 Å². The van der Waals surface area contributed by atoms with Crippen LogP contribution in [0.2, 0.25) is 0 Å². The molecular formula is C19H25NO4S. The van der Waals surface area contributed by atoms with Crippen molar-refractivity contribution in [3.63, 3.8) is 0 Å². The summed E-state index contributed by atoms with van der Waals surface area (Å²) in [7, 11) is -3.74. The molecule has 5 nitrogen and oxygen atoms in total. The summed E-state index contributed by atoms with van der Waals surface area (Å²) in [5.41, 5.74) is 0.870. The fourth-order valence-corrected chi connectivity index (χ4v) is 3.96. The smallest absolute Gasteiger partial charge is 0.240 e. The lowest BCUT2D eigenvalue weighted by Gasteiger charge is -2.24. The van der Waals surface area contributed by atoms with E-state index in [1.54, 1.807) is 43.3 Å². The zero-order valence-electron chi connectivity index (χ0n) is 15.0. The van der Waals surface area contributed by atoms with Gasteiger partial charge in [0.05, 0.1) is 11.5 Å². The molecule has 0 saturated carbocycles. The molecule has 136 valence electrons. The van der Waals surface area contributed by atoms with Crippen LogP contribution >= 0.6 is 0 Å². The van der Waals surface area contributed by atoms with Crippen molar-refractivity contribution in [3.05, 3.63) is 59.2 Å². The minimum absolute atomic E-state index is 0.120. The lowest BCUT2D eigenvalue weighted by Crippen LogP contribution is -2.38. The van der Waals surface area contributed by atoms with E-state index in [-0.39, 0.29) is 11.4 Å². The monoisotopic (exact) mass is 363 g/mol. The van der Waals surface area contributed by atoms with Crippen molar-refractivity contribution in [1.82, 2.24) is 4.72 Å². The van der Waals surface area contributed by atoms with Crippen molar-refractivity contribution in [2.45, 2.75) is 38.2 Å². The average molecular weight is 363 g/mol. The Morgan fingerprint density at radius 1 is 1.12 bits per heavy atom. The summed E-state index contributed by atoms with van der Waals surface area (Å²) in [5, 5.41) is 10.6. The van der Waals surface area contributed by atoms with Gasteiger partial charge in [0.1, 0.15) is 11.4 Å². The molecule has 1 atom stereocenters. The molecule has 0 radical (unpaired) electrons. The zero-order chi connectivity index (χ0) is 18.7. The van der Waals surface area contributed by atoms with Gasteiger partial charge in [-0.2, -0.15) is 0 Å². The second kappa shape index (κ2) is 7.56. The Hall–Kier alpha value is -1.89. The Morgan fingerprint density at radius 2 is 1.68 bits per heavy atom. The Labute approximate surface area is 149 Å². The molecule has 2 aromatic carbocycles. The van der Waals surface area contributed by atoms with E-state index in [0.29, 0.717) is 17.9 Å². The molecule has 0 aliphatic heterocycles. The van der Waals surface area contributed by atoms with E-state index in [4.69, 9.17) is 4.74 Å². The third kappa shape index (κ3) is 4.60. The normalized spacial score (nSPS) is 14.1. The largest absolute Gasteiger partial charge is 0.493 e. The number of hydrogen-bond donors (Lipinski definition) is 2. The molecule has 0 aliphatic rings. The van der Waals surface area contributed by atoms with E-state index in [0.717, 1.165) is 11.1 Å². The van der Waals surface area contributed by atoms with E-state index in [2.05, 4.69) is 4.72 Å². The van der Waals surface area contributed by atoms with Crippen molar-refractivity contribution >= 4 is 10.0 Å². The molecule has 25 heavy (non-hydrogen) atoms. The first-order valence-corrected chi connectivity index (χ1v) is 9.67. The van der Waals surface area contributed by atoms with E-state index in [9.17, 15) is 13.5 Å². The minimum Gasteiger partial charge on any atom is -0.493 e. The fraction of sp³-hybridized carbons (Fsp3) is 0.368. The summed E-state index contributed by atoms with van der Waals surface area (Å²) in [4.78, 5) is 0.162. The molecule has 0 amide bonds. The minimum atomic E-state index is -3.74. The van der Waals surface area contributed by atoms with Gasteiger partial charge < -0.3 is 9.84 Å². The number of aliphatic hydroxyl groups is 1. The summed E-state index contributed by atoms with van der Waals surface area (Å²) >= 11 is 0. The summed E-state index contributed by atoms with van der Waals surface area (Å²) in [5.74, 6) is 0.706. The predicted molar refractivity (Wildman–Crippen MR) is 98.3 cm³/mol. The van der Waals surface area contributed by atoms with Gasteiger partial charge in [-0.15, -0.1) is 0 Å². The van der Waals surface area contributed by atoms with Crippen LogP contribution in [-0.2, 0) is 15.6 Å². The van der Waals surface area contributed by atoms with Crippen LogP contribution < -0.4 is 9.46 Å². The molecule has 0 saturated heterocycles. The Kier molecular flexibility index (Phi) is 5.87. The third-order valence-corrected chi connectivity index (χ3v) is 5.42. The van der Waals surface area contributed by atoms with Crippen LogP contribution in [0, 0.1) is 13.8 Å². The maximum absolute atomic E-state index is 12.6. The average Bonchev–Trinajstić information content (AvgIpc) is 2.57. The third-order valence-electron chi connectivity index (χ3n) is 4.03. The van der Waals surface area contributed by atoms with E-state index in [1.807, 2.05) is 26.8 Å². The molecule has 2 rings (SSSR count). The molecule has 0 aliphatic carbocycles. The highest BCUT2D eigenvalue weighted by molar-refractivity contribution is 7.89. The van der Waals surface area contributed by atoms with Gasteiger partial charge in [0.25, 0.3) is 0 Å². The number of benzene rings is 2. The van der Waals surface area contributed by atoms with Crippen molar-refractivity contribution < 1.29 is 18.3 Å². The Balaban J connectivity index is 2.22. The van der Waals surface area contributed by atoms with Gasteiger partial charge in [0.15, 0.2) is 0 Å². The second-order valence-corrected chi connectivity index (χ2v) is 8.05. The van der Waals surface area contributed by atoms with Gasteiger partial charge in [-0.05, 0) is 56.5 Å². The van der Waals surface area contributed by atoms with Crippen LogP contribution in [0.3, 0.4) is 0 Å². The molecular weight excluding hydrogens is 338 g/mol. The van der Waals surface area contributed by atoms with Gasteiger partial charge in [-0.3, -0.25) is 0 Å². The molecule has 0 spiro atoms. The number of hydrogen-bond acceptors (Lipinski definition) is 4. The molecule has 0 bridgehead atoms. The number of sulfonamides is 1. The summed E-state index contributed by atoms with van der Waals surface area (Å²) in [6.45, 7) is 7.50. The predicted octanol–water partition coefficient (Wildman–Crippen LogP) is 2.89. The molecule has 1 unspecified atom stereocenters. The maximum Gasteiger partial charge on any atom is 0.240 e. The van der Waals surface area contributed by atoms with E-state index >= 15 is 0 Å². The van der Waals surface area contributed by atoms with Crippen molar-refractivity contribution in [1.29, 1.82) is 0 Å². The van der Waals surface area contributed by atoms with Crippen molar-refractivity contribution in [3.8, 4) is 5.75 Å². The molecule has 0 heterocycles. The van der Waals surface area contributed by atoms with Crippen molar-refractivity contribution in [2.24, 2.45) is 0 Å². The van der Waals surface area contributed by atoms with Gasteiger partial charge in [0, 0.05) is 6.54 Å². The van der Waals surface area contributed by atoms with E-state index in [1.165, 1.54) is 0 Å². The first-order chi connectivity index (χ1) is 11.7. The standard InChI is InChI=1S/C19H25NO4S/c1-5-24-18-14(2)11-17(12-15(18)3)25(22,23)20-13-19(4,21)16-9-7-6-8-10-16/h6-12,20-21H,5,13H2,1-4H3. The molecule has 0 fully saturated rings. The van der Waals surface area contributed by atoms with Crippen LogP contribution in [-0.4, -0.2) is 26.7 Å². The highest BCUT2D eigenvalue weighted by Crippen LogP contribution is 2.27. The number of nitrogens with one attached hydrogen (secondary N) is 1. The summed E-state index contributed by atoms with van der Waals surface area (Å²) < 4.78 is 33.3. The maximum atomic E-state index is 12.6. The van der Waals surface area contributed by atoms with Crippen molar-refractivity contribution in [2.75, 3.05) is 13.2 Å². The lowest BCUT2D eigenvalue weighted by molar-refractivity contribution is 0.0627. The first kappa shape index (κ1) is 19.4. The van der Waals surface area contributed by atoms with Gasteiger partial charge >= 0.3 is 0 Å². The topological polar surface area (TPSA) is 75.6 Å². The molecule has 2 aromatic rings. The highest BCUT2D eigenvalue weighted by Gasteiger charge is 2.26. The van der Waals surface area contributed by atoms with E-state index < -0.39 is 15.6 Å². The lowest BCUT2D eigenvalue weighted by atomic mass is 9.97. The second-order valence-electron chi connectivity index (χ2n) is 6.28. The summed E-state index contributed by atoms with van der Waals surface area (Å²) in [6, 6.07) is 12.1. The number of ether oxygens (including phenoxy) is 1. The quantitative estimate of drug-likeness (QED) is 0.793. The molecule has 2 N–H and O–H groups in total. The fourth-order valence-electron chi connectivity index (χ4n) is 2.66. The zero-order valence-corrected chi connectivity index (χ0v) is 15.9. The van der Waals surface area contributed by atoms with Crippen LogP contribution in [0.25, 0.3) is 0 Å². The highest BCUT2D eigenvalue weighted by atomic mass is 32.2. The van der Waals surface area contributed by atoms with Crippen LogP contribution in [0.5, 0.6) is 5.75 Å². The molecule has 6 heteroatoms. The Morgan fingerprint density at radius 3 is 2.20 bits per heavy atom. The van der Waals surface area contributed by atoms with Crippen LogP contribution in [0.4, 0.5) is 0 Å². The SMILES string of the molecule is CCOc1c(C)cc(S(=O)(=O)NCC(C)(O)c2ccccc2)cc1C. The first-order valence-electron chi connectivity index (χ1n) is 8.19. The van der Waals surface area contributed by atoms with Gasteiger partial charge in [-0.1, -0.05) is 30.3 Å².